The van der Waals surface area contributed by atoms with Crippen LogP contribution in [0.5, 0.6) is 5.75 Å². The summed E-state index contributed by atoms with van der Waals surface area (Å²) in [4.78, 5) is 30.0. The highest BCUT2D eigenvalue weighted by molar-refractivity contribution is 5.86. The zero-order valence-electron chi connectivity index (χ0n) is 16.1. The highest BCUT2D eigenvalue weighted by Crippen LogP contribution is 2.42. The van der Waals surface area contributed by atoms with Crippen LogP contribution in [0.1, 0.15) is 51.4 Å². The normalized spacial score (nSPS) is 26.6. The molecule has 2 saturated heterocycles. The Labute approximate surface area is 161 Å². The van der Waals surface area contributed by atoms with Crippen LogP contribution in [0.3, 0.4) is 0 Å². The minimum Gasteiger partial charge on any atom is -0.484 e. The molecular weight excluding hydrogens is 340 g/mol. The summed E-state index contributed by atoms with van der Waals surface area (Å²) in [6.07, 6.45) is 8.85. The van der Waals surface area contributed by atoms with Gasteiger partial charge < -0.3 is 14.5 Å². The maximum atomic E-state index is 13.4. The van der Waals surface area contributed by atoms with E-state index in [4.69, 9.17) is 4.74 Å². The van der Waals surface area contributed by atoms with Crippen LogP contribution in [0.2, 0.25) is 0 Å². The summed E-state index contributed by atoms with van der Waals surface area (Å²) in [6.45, 7) is 2.17. The van der Waals surface area contributed by atoms with Gasteiger partial charge >= 0.3 is 0 Å². The van der Waals surface area contributed by atoms with Crippen molar-refractivity contribution in [2.24, 2.45) is 5.41 Å². The standard InChI is InChI=1S/C22H30N2O3/c25-20(16-27-19-10-5-2-6-11-19)23-15-13-22(17-23)12-7-14-24(21(22)26)18-8-3-1-4-9-18/h2,5-6,10-11,18H,1,3-4,7-9,12-17H2/t22-/m1/s1. The average molecular weight is 370 g/mol. The van der Waals surface area contributed by atoms with Gasteiger partial charge in [0.2, 0.25) is 5.91 Å². The van der Waals surface area contributed by atoms with Gasteiger partial charge in [0.1, 0.15) is 5.75 Å². The second-order valence-corrected chi connectivity index (χ2v) is 8.34. The fourth-order valence-corrected chi connectivity index (χ4v) is 5.06. The summed E-state index contributed by atoms with van der Waals surface area (Å²) in [5.41, 5.74) is -0.349. The van der Waals surface area contributed by atoms with Crippen molar-refractivity contribution in [1.82, 2.24) is 9.80 Å². The Balaban J connectivity index is 1.36. The van der Waals surface area contributed by atoms with E-state index in [2.05, 4.69) is 4.90 Å². The van der Waals surface area contributed by atoms with Gasteiger partial charge in [-0.25, -0.2) is 0 Å². The van der Waals surface area contributed by atoms with E-state index in [1.165, 1.54) is 19.3 Å². The highest BCUT2D eigenvalue weighted by atomic mass is 16.5. The lowest BCUT2D eigenvalue weighted by atomic mass is 9.77. The number of amides is 2. The van der Waals surface area contributed by atoms with Crippen molar-refractivity contribution in [3.05, 3.63) is 30.3 Å². The molecule has 5 nitrogen and oxygen atoms in total. The molecule has 3 fully saturated rings. The first-order chi connectivity index (χ1) is 13.2. The van der Waals surface area contributed by atoms with Gasteiger partial charge in [0, 0.05) is 25.7 Å². The fraction of sp³-hybridized carbons (Fsp3) is 0.636. The van der Waals surface area contributed by atoms with Gasteiger partial charge in [-0.1, -0.05) is 37.5 Å². The van der Waals surface area contributed by atoms with Crippen molar-refractivity contribution < 1.29 is 14.3 Å². The van der Waals surface area contributed by atoms with Crippen LogP contribution in [0.15, 0.2) is 30.3 Å². The third-order valence-corrected chi connectivity index (χ3v) is 6.60. The average Bonchev–Trinajstić information content (AvgIpc) is 3.15. The molecule has 5 heteroatoms. The predicted molar refractivity (Wildman–Crippen MR) is 103 cm³/mol. The van der Waals surface area contributed by atoms with Crippen molar-refractivity contribution in [2.75, 3.05) is 26.2 Å². The lowest BCUT2D eigenvalue weighted by molar-refractivity contribution is -0.149. The van der Waals surface area contributed by atoms with Crippen LogP contribution in [-0.2, 0) is 9.59 Å². The molecule has 1 aliphatic carbocycles. The van der Waals surface area contributed by atoms with Crippen LogP contribution >= 0.6 is 0 Å². The molecule has 3 aliphatic rings. The monoisotopic (exact) mass is 370 g/mol. The van der Waals surface area contributed by atoms with E-state index in [-0.39, 0.29) is 17.9 Å². The first kappa shape index (κ1) is 18.3. The minimum atomic E-state index is -0.349. The third-order valence-electron chi connectivity index (χ3n) is 6.60. The Morgan fingerprint density at radius 2 is 1.81 bits per heavy atom. The van der Waals surface area contributed by atoms with Crippen LogP contribution in [0.4, 0.5) is 0 Å². The van der Waals surface area contributed by atoms with E-state index in [1.807, 2.05) is 35.2 Å². The summed E-state index contributed by atoms with van der Waals surface area (Å²) < 4.78 is 5.61. The van der Waals surface area contributed by atoms with Crippen LogP contribution in [0, 0.1) is 5.41 Å². The van der Waals surface area contributed by atoms with Crippen molar-refractivity contribution in [3.63, 3.8) is 0 Å². The Hall–Kier alpha value is -2.04. The molecule has 2 aliphatic heterocycles. The molecule has 1 aromatic carbocycles. The number of hydrogen-bond donors (Lipinski definition) is 0. The zero-order chi connectivity index (χ0) is 18.7. The van der Waals surface area contributed by atoms with Gasteiger partial charge in [0.15, 0.2) is 6.61 Å². The molecule has 4 rings (SSSR count). The molecule has 0 radical (unpaired) electrons. The largest absolute Gasteiger partial charge is 0.484 e. The summed E-state index contributed by atoms with van der Waals surface area (Å²) in [5.74, 6) is 0.996. The molecule has 146 valence electrons. The number of likely N-dealkylation sites (tertiary alicyclic amines) is 2. The van der Waals surface area contributed by atoms with E-state index in [0.29, 0.717) is 30.8 Å². The smallest absolute Gasteiger partial charge is 0.260 e. The van der Waals surface area contributed by atoms with E-state index in [9.17, 15) is 9.59 Å². The Morgan fingerprint density at radius 1 is 1.04 bits per heavy atom. The number of hydrogen-bond acceptors (Lipinski definition) is 3. The van der Waals surface area contributed by atoms with Crippen molar-refractivity contribution in [2.45, 2.75) is 57.4 Å². The quantitative estimate of drug-likeness (QED) is 0.818. The van der Waals surface area contributed by atoms with Crippen molar-refractivity contribution in [3.8, 4) is 5.75 Å². The number of benzene rings is 1. The molecule has 0 bridgehead atoms. The highest BCUT2D eigenvalue weighted by Gasteiger charge is 2.50. The zero-order valence-corrected chi connectivity index (χ0v) is 16.1. The number of carbonyl (C=O) groups is 2. The molecule has 1 atom stereocenters. The topological polar surface area (TPSA) is 49.9 Å². The van der Waals surface area contributed by atoms with Gasteiger partial charge in [-0.15, -0.1) is 0 Å². The van der Waals surface area contributed by atoms with Gasteiger partial charge in [0.05, 0.1) is 5.41 Å². The van der Waals surface area contributed by atoms with E-state index in [1.54, 1.807) is 0 Å². The molecule has 0 aromatic heterocycles. The molecular formula is C22H30N2O3. The van der Waals surface area contributed by atoms with Crippen LogP contribution in [-0.4, -0.2) is 53.9 Å². The molecule has 0 unspecified atom stereocenters. The Morgan fingerprint density at radius 3 is 2.59 bits per heavy atom. The number of carbonyl (C=O) groups excluding carboxylic acids is 2. The molecule has 1 spiro atoms. The maximum Gasteiger partial charge on any atom is 0.260 e. The minimum absolute atomic E-state index is 0.0154. The number of rotatable bonds is 4. The second kappa shape index (κ2) is 7.91. The van der Waals surface area contributed by atoms with Gasteiger partial charge in [0.25, 0.3) is 5.91 Å². The molecule has 0 N–H and O–H groups in total. The fourth-order valence-electron chi connectivity index (χ4n) is 5.06. The SMILES string of the molecule is O=C(COc1ccccc1)N1CC[C@]2(CCCN(C3CCCCC3)C2=O)C1. The molecule has 1 saturated carbocycles. The summed E-state index contributed by atoms with van der Waals surface area (Å²) in [6, 6.07) is 9.84. The first-order valence-corrected chi connectivity index (χ1v) is 10.4. The lowest BCUT2D eigenvalue weighted by Crippen LogP contribution is -2.54. The number of nitrogens with zero attached hydrogens (tertiary/aromatic N) is 2. The lowest BCUT2D eigenvalue weighted by Gasteiger charge is -2.44. The summed E-state index contributed by atoms with van der Waals surface area (Å²) in [7, 11) is 0. The van der Waals surface area contributed by atoms with Crippen LogP contribution < -0.4 is 4.74 Å². The third kappa shape index (κ3) is 3.83. The Kier molecular flexibility index (Phi) is 5.37. The van der Waals surface area contributed by atoms with Gasteiger partial charge in [-0.2, -0.15) is 0 Å². The van der Waals surface area contributed by atoms with Crippen molar-refractivity contribution >= 4 is 11.8 Å². The molecule has 2 amide bonds. The number of ether oxygens (including phenoxy) is 1. The van der Waals surface area contributed by atoms with Gasteiger partial charge in [-0.05, 0) is 44.2 Å². The Bertz CT molecular complexity index is 671. The van der Waals surface area contributed by atoms with Crippen LogP contribution in [0.25, 0.3) is 0 Å². The van der Waals surface area contributed by atoms with Crippen molar-refractivity contribution in [1.29, 1.82) is 0 Å². The molecule has 1 aromatic rings. The maximum absolute atomic E-state index is 13.4. The first-order valence-electron chi connectivity index (χ1n) is 10.4. The molecule has 27 heavy (non-hydrogen) atoms. The summed E-state index contributed by atoms with van der Waals surface area (Å²) in [5, 5.41) is 0. The van der Waals surface area contributed by atoms with E-state index < -0.39 is 0 Å². The van der Waals surface area contributed by atoms with E-state index >= 15 is 0 Å². The van der Waals surface area contributed by atoms with Gasteiger partial charge in [-0.3, -0.25) is 9.59 Å². The number of para-hydroxylation sites is 1. The molecule has 2 heterocycles. The summed E-state index contributed by atoms with van der Waals surface area (Å²) >= 11 is 0. The number of piperidine rings is 1. The predicted octanol–water partition coefficient (Wildman–Crippen LogP) is 3.24. The van der Waals surface area contributed by atoms with E-state index in [0.717, 1.165) is 38.6 Å². The second-order valence-electron chi connectivity index (χ2n) is 8.34.